The van der Waals surface area contributed by atoms with Gasteiger partial charge in [-0.15, -0.1) is 0 Å². The fourth-order valence-corrected chi connectivity index (χ4v) is 4.22. The number of benzene rings is 2. The molecule has 2 aromatic carbocycles. The van der Waals surface area contributed by atoms with Crippen molar-refractivity contribution in [2.24, 2.45) is 0 Å². The molecule has 1 fully saturated rings. The first-order valence-electron chi connectivity index (χ1n) is 9.85. The van der Waals surface area contributed by atoms with Crippen molar-refractivity contribution in [2.75, 3.05) is 19.7 Å². The molecule has 0 N–H and O–H groups in total. The second-order valence-corrected chi connectivity index (χ2v) is 8.30. The van der Waals surface area contributed by atoms with Gasteiger partial charge in [-0.1, -0.05) is 23.7 Å². The molecule has 1 saturated heterocycles. The normalized spacial score (nSPS) is 17.6. The van der Waals surface area contributed by atoms with Crippen molar-refractivity contribution in [1.82, 2.24) is 4.90 Å². The standard InChI is InChI=1S/C23H24ClNO4/c1-15-11-17(12-16(2)22(15)24)28-14-21(27)25-9-7-23(8-10-25)13-19(26)18-5-3-4-6-20(18)29-23/h3-6,11-12H,7-10,13-14H2,1-2H3. The molecule has 0 atom stereocenters. The first-order valence-corrected chi connectivity index (χ1v) is 10.2. The van der Waals surface area contributed by atoms with Gasteiger partial charge in [0.05, 0.1) is 12.0 Å². The number of ketones is 1. The van der Waals surface area contributed by atoms with Crippen LogP contribution in [0.25, 0.3) is 0 Å². The molecule has 0 unspecified atom stereocenters. The maximum absolute atomic E-state index is 12.6. The predicted molar refractivity (Wildman–Crippen MR) is 111 cm³/mol. The number of hydrogen-bond donors (Lipinski definition) is 0. The van der Waals surface area contributed by atoms with Gasteiger partial charge in [-0.3, -0.25) is 9.59 Å². The summed E-state index contributed by atoms with van der Waals surface area (Å²) in [7, 11) is 0. The predicted octanol–water partition coefficient (Wildman–Crippen LogP) is 4.36. The van der Waals surface area contributed by atoms with Crippen LogP contribution in [0.15, 0.2) is 36.4 Å². The number of para-hydroxylation sites is 1. The Kier molecular flexibility index (Phi) is 5.26. The molecule has 0 aromatic heterocycles. The van der Waals surface area contributed by atoms with Crippen molar-refractivity contribution < 1.29 is 19.1 Å². The summed E-state index contributed by atoms with van der Waals surface area (Å²) in [5, 5.41) is 0.716. The number of rotatable bonds is 3. The van der Waals surface area contributed by atoms with E-state index in [0.29, 0.717) is 54.4 Å². The van der Waals surface area contributed by atoms with E-state index in [1.807, 2.05) is 44.2 Å². The van der Waals surface area contributed by atoms with Crippen LogP contribution in [-0.4, -0.2) is 41.9 Å². The molecule has 29 heavy (non-hydrogen) atoms. The minimum Gasteiger partial charge on any atom is -0.486 e. The van der Waals surface area contributed by atoms with Gasteiger partial charge in [-0.05, 0) is 49.2 Å². The molecule has 2 aliphatic rings. The number of ether oxygens (including phenoxy) is 2. The Morgan fingerprint density at radius 3 is 2.52 bits per heavy atom. The van der Waals surface area contributed by atoms with Crippen LogP contribution in [0, 0.1) is 13.8 Å². The van der Waals surface area contributed by atoms with E-state index in [0.717, 1.165) is 11.1 Å². The van der Waals surface area contributed by atoms with E-state index >= 15 is 0 Å². The highest BCUT2D eigenvalue weighted by atomic mass is 35.5. The van der Waals surface area contributed by atoms with E-state index in [1.54, 1.807) is 11.0 Å². The first kappa shape index (κ1) is 19.8. The smallest absolute Gasteiger partial charge is 0.260 e. The lowest BCUT2D eigenvalue weighted by Crippen LogP contribution is -2.53. The molecule has 0 saturated carbocycles. The first-order chi connectivity index (χ1) is 13.9. The van der Waals surface area contributed by atoms with Crippen LogP contribution in [0.5, 0.6) is 11.5 Å². The number of carbonyl (C=O) groups excluding carboxylic acids is 2. The summed E-state index contributed by atoms with van der Waals surface area (Å²) in [4.78, 5) is 26.9. The number of carbonyl (C=O) groups is 2. The number of likely N-dealkylation sites (tertiary alicyclic amines) is 1. The van der Waals surface area contributed by atoms with E-state index in [9.17, 15) is 9.59 Å². The molecule has 2 aliphatic heterocycles. The number of halogens is 1. The summed E-state index contributed by atoms with van der Waals surface area (Å²) in [5.74, 6) is 1.35. The highest BCUT2D eigenvalue weighted by Gasteiger charge is 2.43. The Morgan fingerprint density at radius 1 is 1.17 bits per heavy atom. The van der Waals surface area contributed by atoms with Gasteiger partial charge in [0.15, 0.2) is 12.4 Å². The zero-order valence-electron chi connectivity index (χ0n) is 16.7. The van der Waals surface area contributed by atoms with Crippen molar-refractivity contribution >= 4 is 23.3 Å². The van der Waals surface area contributed by atoms with Crippen LogP contribution in [0.4, 0.5) is 0 Å². The zero-order valence-corrected chi connectivity index (χ0v) is 17.4. The molecule has 6 heteroatoms. The molecule has 0 radical (unpaired) electrons. The average molecular weight is 414 g/mol. The quantitative estimate of drug-likeness (QED) is 0.750. The minimum atomic E-state index is -0.506. The molecule has 152 valence electrons. The van der Waals surface area contributed by atoms with Crippen LogP contribution in [0.2, 0.25) is 5.02 Å². The number of amides is 1. The zero-order chi connectivity index (χ0) is 20.6. The lowest BCUT2D eigenvalue weighted by molar-refractivity contribution is -0.136. The van der Waals surface area contributed by atoms with E-state index in [-0.39, 0.29) is 18.3 Å². The minimum absolute atomic E-state index is 0.0177. The van der Waals surface area contributed by atoms with Crippen molar-refractivity contribution in [1.29, 1.82) is 0 Å². The molecule has 0 aliphatic carbocycles. The molecular formula is C23H24ClNO4. The maximum Gasteiger partial charge on any atom is 0.260 e. The Hall–Kier alpha value is -2.53. The summed E-state index contributed by atoms with van der Waals surface area (Å²) in [6, 6.07) is 11.1. The van der Waals surface area contributed by atoms with Gasteiger partial charge >= 0.3 is 0 Å². The third-order valence-corrected chi connectivity index (χ3v) is 6.39. The molecule has 0 bridgehead atoms. The number of piperidine rings is 1. The molecule has 1 spiro atoms. The topological polar surface area (TPSA) is 55.8 Å². The van der Waals surface area contributed by atoms with Gasteiger partial charge in [-0.25, -0.2) is 0 Å². The van der Waals surface area contributed by atoms with Gasteiger partial charge < -0.3 is 14.4 Å². The second-order valence-electron chi connectivity index (χ2n) is 7.92. The summed E-state index contributed by atoms with van der Waals surface area (Å²) in [6.45, 7) is 4.91. The molecule has 2 aromatic rings. The Labute approximate surface area is 175 Å². The van der Waals surface area contributed by atoms with Crippen molar-refractivity contribution in [2.45, 2.75) is 38.7 Å². The third kappa shape index (κ3) is 3.97. The Morgan fingerprint density at radius 2 is 1.83 bits per heavy atom. The molecule has 4 rings (SSSR count). The monoisotopic (exact) mass is 413 g/mol. The van der Waals surface area contributed by atoms with E-state index in [2.05, 4.69) is 0 Å². The molecule has 2 heterocycles. The number of hydrogen-bond acceptors (Lipinski definition) is 4. The summed E-state index contributed by atoms with van der Waals surface area (Å²) >= 11 is 6.18. The highest BCUT2D eigenvalue weighted by Crippen LogP contribution is 2.39. The number of fused-ring (bicyclic) bond motifs is 1. The van der Waals surface area contributed by atoms with Crippen molar-refractivity contribution in [3.05, 3.63) is 58.1 Å². The van der Waals surface area contributed by atoms with Crippen LogP contribution >= 0.6 is 11.6 Å². The summed E-state index contributed by atoms with van der Waals surface area (Å²) in [6.07, 6.45) is 1.64. The van der Waals surface area contributed by atoms with Crippen molar-refractivity contribution in [3.8, 4) is 11.5 Å². The maximum atomic E-state index is 12.6. The molecular weight excluding hydrogens is 390 g/mol. The number of aryl methyl sites for hydroxylation is 2. The summed E-state index contributed by atoms with van der Waals surface area (Å²) in [5.41, 5.74) is 1.99. The Bertz CT molecular complexity index is 940. The average Bonchev–Trinajstić information content (AvgIpc) is 2.70. The second kappa shape index (κ2) is 7.71. The highest BCUT2D eigenvalue weighted by molar-refractivity contribution is 6.32. The van der Waals surface area contributed by atoms with Crippen LogP contribution in [0.3, 0.4) is 0 Å². The largest absolute Gasteiger partial charge is 0.486 e. The van der Waals surface area contributed by atoms with Gasteiger partial charge in [0.25, 0.3) is 5.91 Å². The lowest BCUT2D eigenvalue weighted by Gasteiger charge is -2.43. The van der Waals surface area contributed by atoms with E-state index in [4.69, 9.17) is 21.1 Å². The van der Waals surface area contributed by atoms with Crippen LogP contribution in [-0.2, 0) is 4.79 Å². The van der Waals surface area contributed by atoms with Crippen LogP contribution < -0.4 is 9.47 Å². The third-order valence-electron chi connectivity index (χ3n) is 5.80. The SMILES string of the molecule is Cc1cc(OCC(=O)N2CCC3(CC2)CC(=O)c2ccccc2O3)cc(C)c1Cl. The van der Waals surface area contributed by atoms with E-state index < -0.39 is 5.60 Å². The van der Waals surface area contributed by atoms with Gasteiger partial charge in [0.2, 0.25) is 0 Å². The van der Waals surface area contributed by atoms with Gasteiger partial charge in [-0.2, -0.15) is 0 Å². The number of Topliss-reactive ketones (excluding diaryl/α,β-unsaturated/α-hetero) is 1. The lowest BCUT2D eigenvalue weighted by atomic mass is 9.82. The van der Waals surface area contributed by atoms with Crippen molar-refractivity contribution in [3.63, 3.8) is 0 Å². The molecule has 5 nitrogen and oxygen atoms in total. The van der Waals surface area contributed by atoms with Gasteiger partial charge in [0, 0.05) is 31.0 Å². The van der Waals surface area contributed by atoms with E-state index in [1.165, 1.54) is 0 Å². The summed E-state index contributed by atoms with van der Waals surface area (Å²) < 4.78 is 11.9. The van der Waals surface area contributed by atoms with Gasteiger partial charge in [0.1, 0.15) is 17.1 Å². The number of nitrogens with zero attached hydrogens (tertiary/aromatic N) is 1. The Balaban J connectivity index is 1.35. The van der Waals surface area contributed by atoms with Crippen LogP contribution in [0.1, 0.15) is 40.7 Å². The fraction of sp³-hybridized carbons (Fsp3) is 0.391. The fourth-order valence-electron chi connectivity index (χ4n) is 4.11. The molecule has 1 amide bonds.